The molecule has 27 heavy (non-hydrogen) atoms. The summed E-state index contributed by atoms with van der Waals surface area (Å²) >= 11 is 0. The molecule has 2 aliphatic rings. The van der Waals surface area contributed by atoms with Crippen LogP contribution in [0.4, 0.5) is 0 Å². The van der Waals surface area contributed by atoms with Gasteiger partial charge in [0, 0.05) is 11.1 Å². The largest absolute Gasteiger partial charge is 0.456 e. The maximum atomic E-state index is 6.51. The summed E-state index contributed by atoms with van der Waals surface area (Å²) in [6, 6.07) is 21.6. The van der Waals surface area contributed by atoms with Crippen molar-refractivity contribution in [2.75, 3.05) is 0 Å². The third kappa shape index (κ3) is 2.18. The molecule has 0 aromatic heterocycles. The van der Waals surface area contributed by atoms with E-state index in [1.807, 2.05) is 0 Å². The van der Waals surface area contributed by atoms with Crippen LogP contribution in [0, 0.1) is 0 Å². The van der Waals surface area contributed by atoms with Gasteiger partial charge in [0.25, 0.3) is 0 Å². The Morgan fingerprint density at radius 3 is 1.59 bits per heavy atom. The van der Waals surface area contributed by atoms with E-state index in [0.29, 0.717) is 0 Å². The van der Waals surface area contributed by atoms with E-state index in [2.05, 4.69) is 85.0 Å². The van der Waals surface area contributed by atoms with Crippen LogP contribution in [-0.4, -0.2) is 0 Å². The smallest absolute Gasteiger partial charge is 0.135 e. The summed E-state index contributed by atoms with van der Waals surface area (Å²) in [7, 11) is 0. The van der Waals surface area contributed by atoms with Crippen molar-refractivity contribution in [1.29, 1.82) is 0 Å². The van der Waals surface area contributed by atoms with Crippen molar-refractivity contribution in [3.63, 3.8) is 0 Å². The first-order valence-corrected chi connectivity index (χ1v) is 9.49. The molecule has 0 atom stereocenters. The summed E-state index contributed by atoms with van der Waals surface area (Å²) in [6.45, 7) is 0. The predicted molar refractivity (Wildman–Crippen MR) is 113 cm³/mol. The lowest BCUT2D eigenvalue weighted by atomic mass is 9.92. The molecule has 0 heterocycles. The molecular weight excluding hydrogens is 328 g/mol. The van der Waals surface area contributed by atoms with Gasteiger partial charge in [0.1, 0.15) is 11.5 Å². The van der Waals surface area contributed by atoms with Crippen LogP contribution in [0.25, 0.3) is 33.7 Å². The second kappa shape index (κ2) is 5.59. The van der Waals surface area contributed by atoms with Crippen molar-refractivity contribution < 1.29 is 4.74 Å². The van der Waals surface area contributed by atoms with Crippen LogP contribution in [0.3, 0.4) is 0 Å². The minimum Gasteiger partial charge on any atom is -0.456 e. The van der Waals surface area contributed by atoms with Crippen molar-refractivity contribution in [1.82, 2.24) is 0 Å². The molecule has 0 N–H and O–H groups in total. The molecule has 0 unspecified atom stereocenters. The van der Waals surface area contributed by atoms with Gasteiger partial charge in [-0.05, 0) is 57.6 Å². The molecule has 4 aromatic carbocycles. The first kappa shape index (κ1) is 14.8. The first-order valence-electron chi connectivity index (χ1n) is 9.49. The summed E-state index contributed by atoms with van der Waals surface area (Å²) in [5.41, 5.74) is 5.12. The van der Waals surface area contributed by atoms with E-state index in [1.54, 1.807) is 0 Å². The molecule has 0 radical (unpaired) electrons. The fourth-order valence-corrected chi connectivity index (χ4v) is 4.51. The highest BCUT2D eigenvalue weighted by Gasteiger charge is 2.17. The Balaban J connectivity index is 1.56. The lowest BCUT2D eigenvalue weighted by molar-refractivity contribution is 0.482. The topological polar surface area (TPSA) is 9.23 Å². The normalized spacial score (nSPS) is 14.1. The zero-order valence-corrected chi connectivity index (χ0v) is 14.9. The summed E-state index contributed by atoms with van der Waals surface area (Å²) in [5, 5.41) is 5.20. The Kier molecular flexibility index (Phi) is 3.06. The number of hydrogen-bond acceptors (Lipinski definition) is 1. The van der Waals surface area contributed by atoms with Crippen molar-refractivity contribution in [3.05, 3.63) is 95.1 Å². The Labute approximate surface area is 158 Å². The summed E-state index contributed by atoms with van der Waals surface area (Å²) in [5.74, 6) is 1.86. The molecule has 0 aliphatic heterocycles. The van der Waals surface area contributed by atoms with E-state index in [0.717, 1.165) is 24.3 Å². The molecule has 0 saturated heterocycles. The number of hydrogen-bond donors (Lipinski definition) is 0. The van der Waals surface area contributed by atoms with Crippen molar-refractivity contribution >= 4 is 33.7 Å². The van der Waals surface area contributed by atoms with Gasteiger partial charge in [-0.3, -0.25) is 0 Å². The summed E-state index contributed by atoms with van der Waals surface area (Å²) in [4.78, 5) is 0. The average molecular weight is 346 g/mol. The Hall–Kier alpha value is -3.32. The molecule has 1 heteroatoms. The fraction of sp³-hybridized carbons (Fsp3) is 0.0769. The standard InChI is InChI=1S/C26H18O/c1-5-17-9-3-11-21-23(15-13-19(7-1)25(17)21)27-24-16-14-20-8-2-6-18-10-4-12-22(24)26(18)20/h1-8,11-16H,9-10H2. The van der Waals surface area contributed by atoms with E-state index in [1.165, 1.54) is 43.8 Å². The highest BCUT2D eigenvalue weighted by molar-refractivity contribution is 5.99. The monoisotopic (exact) mass is 346 g/mol. The zero-order chi connectivity index (χ0) is 17.8. The molecule has 2 aliphatic carbocycles. The van der Waals surface area contributed by atoms with Gasteiger partial charge >= 0.3 is 0 Å². The fourth-order valence-electron chi connectivity index (χ4n) is 4.51. The summed E-state index contributed by atoms with van der Waals surface area (Å²) < 4.78 is 6.51. The number of benzene rings is 4. The van der Waals surface area contributed by atoms with Gasteiger partial charge in [0.05, 0.1) is 0 Å². The van der Waals surface area contributed by atoms with E-state index in [-0.39, 0.29) is 0 Å². The maximum Gasteiger partial charge on any atom is 0.135 e. The van der Waals surface area contributed by atoms with Crippen LogP contribution < -0.4 is 4.74 Å². The third-order valence-electron chi connectivity index (χ3n) is 5.73. The molecule has 4 aromatic rings. The minimum atomic E-state index is 0.929. The van der Waals surface area contributed by atoms with Crippen LogP contribution >= 0.6 is 0 Å². The molecule has 0 fully saturated rings. The Bertz CT molecular complexity index is 1190. The molecule has 0 bridgehead atoms. The highest BCUT2D eigenvalue weighted by atomic mass is 16.5. The van der Waals surface area contributed by atoms with Gasteiger partial charge < -0.3 is 4.74 Å². The van der Waals surface area contributed by atoms with Crippen molar-refractivity contribution in [2.24, 2.45) is 0 Å². The SMILES string of the molecule is C1=Cc2c(Oc3ccc4cccc5c4c3C=CC5)ccc3cccc(c23)C1. The lowest BCUT2D eigenvalue weighted by Gasteiger charge is -2.20. The molecular formula is C26H18O. The highest BCUT2D eigenvalue weighted by Crippen LogP contribution is 2.40. The minimum absolute atomic E-state index is 0.929. The van der Waals surface area contributed by atoms with Gasteiger partial charge in [-0.1, -0.05) is 72.8 Å². The van der Waals surface area contributed by atoms with E-state index in [9.17, 15) is 0 Å². The van der Waals surface area contributed by atoms with E-state index < -0.39 is 0 Å². The van der Waals surface area contributed by atoms with Gasteiger partial charge in [-0.15, -0.1) is 0 Å². The second-order valence-electron chi connectivity index (χ2n) is 7.30. The first-order chi connectivity index (χ1) is 13.4. The van der Waals surface area contributed by atoms with Crippen LogP contribution in [0.5, 0.6) is 11.5 Å². The number of ether oxygens (including phenoxy) is 1. The van der Waals surface area contributed by atoms with Crippen LogP contribution in [0.1, 0.15) is 22.3 Å². The second-order valence-corrected chi connectivity index (χ2v) is 7.30. The summed E-state index contributed by atoms with van der Waals surface area (Å²) in [6.07, 6.45) is 10.8. The van der Waals surface area contributed by atoms with E-state index in [4.69, 9.17) is 4.74 Å². The molecule has 1 nitrogen and oxygen atoms in total. The Morgan fingerprint density at radius 2 is 1.07 bits per heavy atom. The van der Waals surface area contributed by atoms with Gasteiger partial charge in [0.2, 0.25) is 0 Å². The van der Waals surface area contributed by atoms with Crippen molar-refractivity contribution in [2.45, 2.75) is 12.8 Å². The van der Waals surface area contributed by atoms with Gasteiger partial charge in [0.15, 0.2) is 0 Å². The Morgan fingerprint density at radius 1 is 0.556 bits per heavy atom. The average Bonchev–Trinajstić information content (AvgIpc) is 2.72. The lowest BCUT2D eigenvalue weighted by Crippen LogP contribution is -1.99. The van der Waals surface area contributed by atoms with Crippen LogP contribution in [-0.2, 0) is 12.8 Å². The van der Waals surface area contributed by atoms with Gasteiger partial charge in [-0.25, -0.2) is 0 Å². The predicted octanol–water partition coefficient (Wildman–Crippen LogP) is 6.92. The molecule has 0 amide bonds. The molecule has 128 valence electrons. The third-order valence-corrected chi connectivity index (χ3v) is 5.73. The zero-order valence-electron chi connectivity index (χ0n) is 14.9. The van der Waals surface area contributed by atoms with Crippen molar-refractivity contribution in [3.8, 4) is 11.5 Å². The molecule has 0 spiro atoms. The molecule has 6 rings (SSSR count). The number of rotatable bonds is 2. The van der Waals surface area contributed by atoms with Crippen LogP contribution in [0.15, 0.2) is 72.8 Å². The number of allylic oxidation sites excluding steroid dienone is 2. The maximum absolute atomic E-state index is 6.51. The van der Waals surface area contributed by atoms with E-state index >= 15 is 0 Å². The molecule has 0 saturated carbocycles. The quantitative estimate of drug-likeness (QED) is 0.382. The van der Waals surface area contributed by atoms with Crippen LogP contribution in [0.2, 0.25) is 0 Å². The van der Waals surface area contributed by atoms with Gasteiger partial charge in [-0.2, -0.15) is 0 Å².